The minimum absolute atomic E-state index is 0.274. The summed E-state index contributed by atoms with van der Waals surface area (Å²) < 4.78 is 26.2. The van der Waals surface area contributed by atoms with Crippen molar-refractivity contribution < 1.29 is 18.5 Å². The number of ether oxygens (including phenoxy) is 1. The number of carbonyl (C=O) groups is 1. The van der Waals surface area contributed by atoms with Gasteiger partial charge in [-0.1, -0.05) is 49.7 Å². The average molecular weight is 489 g/mol. The third kappa shape index (κ3) is 4.85. The van der Waals surface area contributed by atoms with Crippen molar-refractivity contribution in [2.24, 2.45) is 0 Å². The minimum Gasteiger partial charge on any atom is -0.598 e. The second kappa shape index (κ2) is 10.2. The van der Waals surface area contributed by atoms with E-state index in [1.807, 2.05) is 58.9 Å². The lowest BCUT2D eigenvalue weighted by molar-refractivity contribution is 0.0519. The molecule has 2 aromatic heterocycles. The number of carbonyl (C=O) groups excluding carboxylic acids is 1. The van der Waals surface area contributed by atoms with Gasteiger partial charge >= 0.3 is 5.97 Å². The summed E-state index contributed by atoms with van der Waals surface area (Å²) in [5.74, 6) is 0.962. The predicted octanol–water partition coefficient (Wildman–Crippen LogP) is 6.12. The molecule has 180 valence electrons. The van der Waals surface area contributed by atoms with Crippen LogP contribution in [0.1, 0.15) is 48.3 Å². The van der Waals surface area contributed by atoms with Crippen LogP contribution in [0.2, 0.25) is 0 Å². The molecule has 2 aromatic carbocycles. The molecule has 1 aliphatic heterocycles. The fourth-order valence-electron chi connectivity index (χ4n) is 4.40. The number of nitrogens with zero attached hydrogens (tertiary/aromatic N) is 2. The molecule has 0 fully saturated rings. The Bertz CT molecular complexity index is 1330. The van der Waals surface area contributed by atoms with E-state index in [0.29, 0.717) is 18.8 Å². The van der Waals surface area contributed by atoms with E-state index in [4.69, 9.17) is 14.1 Å². The van der Waals surface area contributed by atoms with Crippen molar-refractivity contribution in [2.75, 3.05) is 12.4 Å². The Morgan fingerprint density at radius 2 is 1.91 bits per heavy atom. The lowest BCUT2D eigenvalue weighted by Gasteiger charge is -2.19. The van der Waals surface area contributed by atoms with Gasteiger partial charge in [0.25, 0.3) is 0 Å². The third-order valence-electron chi connectivity index (χ3n) is 6.19. The number of aromatic nitrogens is 1. The lowest BCUT2D eigenvalue weighted by atomic mass is 9.99. The predicted molar refractivity (Wildman–Crippen MR) is 138 cm³/mol. The van der Waals surface area contributed by atoms with Crippen LogP contribution in [0.4, 0.5) is 0 Å². The second-order valence-electron chi connectivity index (χ2n) is 8.62. The zero-order chi connectivity index (χ0) is 24.4. The highest BCUT2D eigenvalue weighted by molar-refractivity contribution is 7.89. The first-order chi connectivity index (χ1) is 17.1. The number of hydrogen-bond acceptors (Lipinski definition) is 6. The van der Waals surface area contributed by atoms with Crippen LogP contribution in [0.15, 0.2) is 65.1 Å². The standard InChI is InChI=1S/C28H28N2O4S/c1-3-5-13-35(32)30-17-22-15-24(28(31)33-4-2)29-27(23(22)18-30)21-11-8-10-19(14-21)26-16-20-9-6-7-12-25(20)34-26/h6-12,14-16H,3-5,13,17-18H2,1-2H3/t35-/m0/s1. The Kier molecular flexibility index (Phi) is 6.90. The molecule has 1 atom stereocenters. The second-order valence-corrected chi connectivity index (χ2v) is 10.2. The maximum Gasteiger partial charge on any atom is 0.356 e. The lowest BCUT2D eigenvalue weighted by Crippen LogP contribution is -2.28. The molecule has 5 rings (SSSR count). The monoisotopic (exact) mass is 488 g/mol. The van der Waals surface area contributed by atoms with Gasteiger partial charge in [-0.05, 0) is 43.2 Å². The molecule has 7 heteroatoms. The van der Waals surface area contributed by atoms with E-state index in [9.17, 15) is 9.35 Å². The molecule has 4 aromatic rings. The van der Waals surface area contributed by atoms with Gasteiger partial charge in [0, 0.05) is 33.4 Å². The number of pyridine rings is 1. The number of esters is 1. The van der Waals surface area contributed by atoms with E-state index >= 15 is 0 Å². The Morgan fingerprint density at radius 1 is 1.09 bits per heavy atom. The van der Waals surface area contributed by atoms with Crippen molar-refractivity contribution in [1.82, 2.24) is 9.29 Å². The Balaban J connectivity index is 1.55. The first-order valence-electron chi connectivity index (χ1n) is 12.0. The van der Waals surface area contributed by atoms with Crippen molar-refractivity contribution in [1.29, 1.82) is 0 Å². The van der Waals surface area contributed by atoms with Gasteiger partial charge in [0.05, 0.1) is 25.4 Å². The van der Waals surface area contributed by atoms with Crippen LogP contribution in [0, 0.1) is 0 Å². The summed E-state index contributed by atoms with van der Waals surface area (Å²) in [5.41, 5.74) is 5.61. The zero-order valence-electron chi connectivity index (χ0n) is 20.0. The van der Waals surface area contributed by atoms with Gasteiger partial charge in [-0.3, -0.25) is 0 Å². The quantitative estimate of drug-likeness (QED) is 0.220. The van der Waals surface area contributed by atoms with E-state index in [-0.39, 0.29) is 12.3 Å². The van der Waals surface area contributed by atoms with Gasteiger partial charge in [-0.25, -0.2) is 9.78 Å². The molecule has 3 heterocycles. The summed E-state index contributed by atoms with van der Waals surface area (Å²) in [4.78, 5) is 17.3. The molecule has 35 heavy (non-hydrogen) atoms. The van der Waals surface area contributed by atoms with E-state index in [2.05, 4.69) is 6.92 Å². The third-order valence-corrected chi connectivity index (χ3v) is 7.66. The number of hydrogen-bond donors (Lipinski definition) is 0. The summed E-state index contributed by atoms with van der Waals surface area (Å²) in [6, 6.07) is 19.7. The maximum atomic E-state index is 12.9. The maximum absolute atomic E-state index is 12.9. The van der Waals surface area contributed by atoms with Crippen LogP contribution in [-0.4, -0.2) is 32.2 Å². The molecular formula is C28H28N2O4S. The molecule has 1 aliphatic rings. The fraction of sp³-hybridized carbons (Fsp3) is 0.286. The van der Waals surface area contributed by atoms with E-state index in [0.717, 1.165) is 57.5 Å². The minimum atomic E-state index is -1.08. The Morgan fingerprint density at radius 3 is 2.71 bits per heavy atom. The number of rotatable bonds is 8. The van der Waals surface area contributed by atoms with Gasteiger partial charge < -0.3 is 13.7 Å². The normalized spacial score (nSPS) is 14.3. The summed E-state index contributed by atoms with van der Waals surface area (Å²) >= 11 is -1.08. The average Bonchev–Trinajstić information content (AvgIpc) is 3.51. The molecule has 0 bridgehead atoms. The molecule has 0 radical (unpaired) electrons. The number of benzene rings is 2. The summed E-state index contributed by atoms with van der Waals surface area (Å²) in [5, 5.41) is 1.04. The molecular weight excluding hydrogens is 460 g/mol. The molecule has 0 spiro atoms. The van der Waals surface area contributed by atoms with Crippen LogP contribution < -0.4 is 0 Å². The van der Waals surface area contributed by atoms with Crippen molar-refractivity contribution in [2.45, 2.75) is 39.8 Å². The molecule has 0 amide bonds. The van der Waals surface area contributed by atoms with E-state index < -0.39 is 17.3 Å². The van der Waals surface area contributed by atoms with Crippen molar-refractivity contribution in [3.63, 3.8) is 0 Å². The van der Waals surface area contributed by atoms with Crippen LogP contribution in [0.25, 0.3) is 33.6 Å². The Labute approximate surface area is 208 Å². The van der Waals surface area contributed by atoms with Crippen LogP contribution in [0.5, 0.6) is 0 Å². The molecule has 6 nitrogen and oxygen atoms in total. The summed E-state index contributed by atoms with van der Waals surface area (Å²) in [7, 11) is 0. The van der Waals surface area contributed by atoms with Crippen LogP contribution >= 0.6 is 0 Å². The highest BCUT2D eigenvalue weighted by Gasteiger charge is 2.32. The van der Waals surface area contributed by atoms with Gasteiger partial charge in [0.15, 0.2) is 0 Å². The molecule has 0 unspecified atom stereocenters. The van der Waals surface area contributed by atoms with Crippen molar-refractivity contribution in [3.8, 4) is 22.6 Å². The zero-order valence-corrected chi connectivity index (χ0v) is 20.8. The molecule has 0 aliphatic carbocycles. The van der Waals surface area contributed by atoms with E-state index in [1.165, 1.54) is 0 Å². The number of unbranched alkanes of at least 4 members (excludes halogenated alkanes) is 1. The first kappa shape index (κ1) is 23.6. The first-order valence-corrected chi connectivity index (χ1v) is 13.3. The van der Waals surface area contributed by atoms with Gasteiger partial charge in [-0.2, -0.15) is 0 Å². The number of furan rings is 1. The highest BCUT2D eigenvalue weighted by atomic mass is 32.2. The molecule has 0 saturated heterocycles. The molecule has 0 N–H and O–H groups in total. The number of fused-ring (bicyclic) bond motifs is 2. The SMILES string of the molecule is CCCC[S@+]([O-])N1Cc2cc(C(=O)OCC)nc(-c3cccc(-c4cc5ccccc5o4)c3)c2C1. The van der Waals surface area contributed by atoms with Gasteiger partial charge in [-0.15, -0.1) is 4.31 Å². The van der Waals surface area contributed by atoms with Crippen LogP contribution in [0.3, 0.4) is 0 Å². The van der Waals surface area contributed by atoms with Crippen molar-refractivity contribution >= 4 is 28.3 Å². The number of para-hydroxylation sites is 1. The van der Waals surface area contributed by atoms with Crippen LogP contribution in [-0.2, 0) is 29.2 Å². The van der Waals surface area contributed by atoms with Gasteiger partial charge in [0.2, 0.25) is 0 Å². The summed E-state index contributed by atoms with van der Waals surface area (Å²) in [6.07, 6.45) is 1.92. The molecule has 0 saturated carbocycles. The fourth-order valence-corrected chi connectivity index (χ4v) is 5.75. The van der Waals surface area contributed by atoms with Crippen molar-refractivity contribution in [3.05, 3.63) is 77.5 Å². The Hall–Kier alpha value is -3.13. The smallest absolute Gasteiger partial charge is 0.356 e. The largest absolute Gasteiger partial charge is 0.598 e. The highest BCUT2D eigenvalue weighted by Crippen LogP contribution is 2.36. The van der Waals surface area contributed by atoms with E-state index in [1.54, 1.807) is 13.0 Å². The summed E-state index contributed by atoms with van der Waals surface area (Å²) in [6.45, 7) is 5.21. The van der Waals surface area contributed by atoms with Gasteiger partial charge in [0.1, 0.15) is 22.8 Å². The topological polar surface area (TPSA) is 78.6 Å².